The van der Waals surface area contributed by atoms with Gasteiger partial charge in [-0.2, -0.15) is 0 Å². The van der Waals surface area contributed by atoms with Crippen LogP contribution in [0.3, 0.4) is 0 Å². The Kier molecular flexibility index (Phi) is 6.45. The minimum atomic E-state index is -0.912. The van der Waals surface area contributed by atoms with Crippen LogP contribution in [0.15, 0.2) is 66.7 Å². The molecule has 1 N–H and O–H groups in total. The number of carbonyl (C=O) groups is 1. The highest BCUT2D eigenvalue weighted by Crippen LogP contribution is 2.33. The van der Waals surface area contributed by atoms with Crippen LogP contribution >= 0.6 is 23.2 Å². The second-order valence-electron chi connectivity index (χ2n) is 6.18. The van der Waals surface area contributed by atoms with Crippen molar-refractivity contribution >= 4 is 34.8 Å². The fraction of sp³-hybridized carbons (Fsp3) is 0.136. The van der Waals surface area contributed by atoms with Crippen molar-refractivity contribution in [2.24, 2.45) is 0 Å². The molecule has 0 fully saturated rings. The molecular weight excluding hydrogens is 397 g/mol. The van der Waals surface area contributed by atoms with Gasteiger partial charge in [0.15, 0.2) is 0 Å². The lowest BCUT2D eigenvalue weighted by atomic mass is 10.1. The Labute approximate surface area is 174 Å². The number of methoxy groups -OCH3 is 1. The molecular formula is C22H19Cl2NO3. The minimum absolute atomic E-state index is 0.328. The van der Waals surface area contributed by atoms with Crippen molar-refractivity contribution in [1.82, 2.24) is 0 Å². The molecule has 4 nitrogen and oxygen atoms in total. The Hall–Kier alpha value is -2.69. The topological polar surface area (TPSA) is 47.6 Å². The van der Waals surface area contributed by atoms with Crippen LogP contribution in [0.4, 0.5) is 5.69 Å². The molecule has 0 radical (unpaired) electrons. The summed E-state index contributed by atoms with van der Waals surface area (Å²) in [5.41, 5.74) is 2.26. The van der Waals surface area contributed by atoms with Crippen LogP contribution in [0.2, 0.25) is 10.0 Å². The van der Waals surface area contributed by atoms with Crippen molar-refractivity contribution in [2.75, 3.05) is 12.4 Å². The summed E-state index contributed by atoms with van der Waals surface area (Å²) in [6.07, 6.45) is -0.912. The van der Waals surface area contributed by atoms with E-state index in [1.165, 1.54) is 0 Å². The monoisotopic (exact) mass is 415 g/mol. The number of aryl methyl sites for hydroxylation is 1. The molecule has 3 rings (SSSR count). The molecule has 3 aromatic rings. The van der Waals surface area contributed by atoms with E-state index in [0.717, 1.165) is 5.56 Å². The number of hydrogen-bond acceptors (Lipinski definition) is 3. The van der Waals surface area contributed by atoms with E-state index < -0.39 is 6.10 Å². The third-order valence-electron chi connectivity index (χ3n) is 4.09. The van der Waals surface area contributed by atoms with Crippen molar-refractivity contribution in [1.29, 1.82) is 0 Å². The molecule has 1 atom stereocenters. The number of amides is 1. The van der Waals surface area contributed by atoms with Gasteiger partial charge in [-0.25, -0.2) is 0 Å². The zero-order valence-electron chi connectivity index (χ0n) is 15.4. The highest BCUT2D eigenvalue weighted by molar-refractivity contribution is 6.35. The predicted octanol–water partition coefficient (Wildman–Crippen LogP) is 6.07. The lowest BCUT2D eigenvalue weighted by molar-refractivity contribution is -0.123. The molecule has 0 aliphatic rings. The molecule has 0 spiro atoms. The number of anilines is 1. The fourth-order valence-electron chi connectivity index (χ4n) is 2.72. The van der Waals surface area contributed by atoms with Gasteiger partial charge in [0, 0.05) is 10.6 Å². The van der Waals surface area contributed by atoms with Crippen molar-refractivity contribution < 1.29 is 14.3 Å². The molecule has 0 heterocycles. The van der Waals surface area contributed by atoms with Gasteiger partial charge >= 0.3 is 0 Å². The molecule has 0 aromatic heterocycles. The van der Waals surface area contributed by atoms with Gasteiger partial charge < -0.3 is 14.8 Å². The third kappa shape index (κ3) is 4.77. The molecule has 0 saturated carbocycles. The molecule has 28 heavy (non-hydrogen) atoms. The Morgan fingerprint density at radius 3 is 2.36 bits per heavy atom. The van der Waals surface area contributed by atoms with Crippen molar-refractivity contribution in [3.05, 3.63) is 87.9 Å². The average Bonchev–Trinajstić information content (AvgIpc) is 2.68. The van der Waals surface area contributed by atoms with E-state index in [-0.39, 0.29) is 5.91 Å². The van der Waals surface area contributed by atoms with Gasteiger partial charge in [-0.1, -0.05) is 59.6 Å². The number of rotatable bonds is 6. The van der Waals surface area contributed by atoms with Gasteiger partial charge in [-0.05, 0) is 42.8 Å². The summed E-state index contributed by atoms with van der Waals surface area (Å²) >= 11 is 12.2. The van der Waals surface area contributed by atoms with Gasteiger partial charge in [0.25, 0.3) is 5.91 Å². The van der Waals surface area contributed by atoms with Gasteiger partial charge in [0.1, 0.15) is 11.5 Å². The molecule has 3 aromatic carbocycles. The van der Waals surface area contributed by atoms with Crippen LogP contribution in [-0.2, 0) is 4.79 Å². The summed E-state index contributed by atoms with van der Waals surface area (Å²) in [6.45, 7) is 1.94. The molecule has 1 amide bonds. The zero-order chi connectivity index (χ0) is 20.1. The van der Waals surface area contributed by atoms with Crippen molar-refractivity contribution in [3.8, 4) is 11.5 Å². The highest BCUT2D eigenvalue weighted by Gasteiger charge is 2.25. The maximum atomic E-state index is 13.1. The summed E-state index contributed by atoms with van der Waals surface area (Å²) in [5.74, 6) is 0.586. The second kappa shape index (κ2) is 9.00. The number of ether oxygens (including phenoxy) is 2. The standard InChI is InChI=1S/C22H19Cl2NO3/c1-14-8-10-20(27-2)18(12-14)25-22(26)21(15-6-4-3-5-7-15)28-19-11-9-16(23)13-17(19)24/h3-13,21H,1-2H3,(H,25,26)/t21-/m1/s1. The summed E-state index contributed by atoms with van der Waals surface area (Å²) in [4.78, 5) is 13.1. The van der Waals surface area contributed by atoms with E-state index in [1.807, 2.05) is 49.4 Å². The van der Waals surface area contributed by atoms with Crippen LogP contribution in [0.25, 0.3) is 0 Å². The van der Waals surface area contributed by atoms with Crippen LogP contribution in [0.5, 0.6) is 11.5 Å². The lowest BCUT2D eigenvalue weighted by Crippen LogP contribution is -2.26. The fourth-order valence-corrected chi connectivity index (χ4v) is 3.17. The van der Waals surface area contributed by atoms with E-state index >= 15 is 0 Å². The molecule has 0 unspecified atom stereocenters. The number of hydrogen-bond donors (Lipinski definition) is 1. The predicted molar refractivity (Wildman–Crippen MR) is 113 cm³/mol. The molecule has 6 heteroatoms. The first-order valence-corrected chi connectivity index (χ1v) is 9.35. The summed E-state index contributed by atoms with van der Waals surface area (Å²) in [7, 11) is 1.55. The Balaban J connectivity index is 1.93. The van der Waals surface area contributed by atoms with E-state index in [4.69, 9.17) is 32.7 Å². The van der Waals surface area contributed by atoms with E-state index in [0.29, 0.717) is 32.8 Å². The number of nitrogens with one attached hydrogen (secondary N) is 1. The van der Waals surface area contributed by atoms with E-state index in [9.17, 15) is 4.79 Å². The lowest BCUT2D eigenvalue weighted by Gasteiger charge is -2.21. The maximum absolute atomic E-state index is 13.1. The quantitative estimate of drug-likeness (QED) is 0.531. The largest absolute Gasteiger partial charge is 0.495 e. The average molecular weight is 416 g/mol. The van der Waals surface area contributed by atoms with Gasteiger partial charge in [-0.3, -0.25) is 4.79 Å². The SMILES string of the molecule is COc1ccc(C)cc1NC(=O)[C@H](Oc1ccc(Cl)cc1Cl)c1ccccc1. The van der Waals surface area contributed by atoms with Gasteiger partial charge in [0.2, 0.25) is 6.10 Å². The third-order valence-corrected chi connectivity index (χ3v) is 4.62. The smallest absolute Gasteiger partial charge is 0.270 e. The first-order chi connectivity index (χ1) is 13.5. The first kappa shape index (κ1) is 20.1. The number of benzene rings is 3. The first-order valence-electron chi connectivity index (χ1n) is 8.60. The van der Waals surface area contributed by atoms with Crippen LogP contribution in [0, 0.1) is 6.92 Å². The molecule has 0 bridgehead atoms. The maximum Gasteiger partial charge on any atom is 0.270 e. The van der Waals surface area contributed by atoms with Gasteiger partial charge in [-0.15, -0.1) is 0 Å². The Morgan fingerprint density at radius 2 is 1.68 bits per heavy atom. The van der Waals surface area contributed by atoms with Crippen LogP contribution in [-0.4, -0.2) is 13.0 Å². The number of carbonyl (C=O) groups excluding carboxylic acids is 1. The summed E-state index contributed by atoms with van der Waals surface area (Å²) in [6, 6.07) is 19.6. The number of halogens is 2. The van der Waals surface area contributed by atoms with Crippen LogP contribution in [0.1, 0.15) is 17.2 Å². The normalized spacial score (nSPS) is 11.6. The van der Waals surface area contributed by atoms with Crippen LogP contribution < -0.4 is 14.8 Å². The Morgan fingerprint density at radius 1 is 0.964 bits per heavy atom. The van der Waals surface area contributed by atoms with Crippen molar-refractivity contribution in [2.45, 2.75) is 13.0 Å². The Bertz CT molecular complexity index is 977. The molecule has 0 aliphatic carbocycles. The molecule has 144 valence electrons. The molecule has 0 aliphatic heterocycles. The van der Waals surface area contributed by atoms with E-state index in [2.05, 4.69) is 5.32 Å². The van der Waals surface area contributed by atoms with E-state index in [1.54, 1.807) is 31.4 Å². The van der Waals surface area contributed by atoms with Gasteiger partial charge in [0.05, 0.1) is 17.8 Å². The minimum Gasteiger partial charge on any atom is -0.495 e. The van der Waals surface area contributed by atoms with Crippen molar-refractivity contribution in [3.63, 3.8) is 0 Å². The second-order valence-corrected chi connectivity index (χ2v) is 7.02. The molecule has 0 saturated heterocycles. The highest BCUT2D eigenvalue weighted by atomic mass is 35.5. The summed E-state index contributed by atoms with van der Waals surface area (Å²) in [5, 5.41) is 3.71. The summed E-state index contributed by atoms with van der Waals surface area (Å²) < 4.78 is 11.3. The zero-order valence-corrected chi connectivity index (χ0v) is 16.9.